The first-order valence-electron chi connectivity index (χ1n) is 6.80. The monoisotopic (exact) mass is 306 g/mol. The van der Waals surface area contributed by atoms with Crippen LogP contribution in [0.3, 0.4) is 0 Å². The molecule has 0 radical (unpaired) electrons. The number of methoxy groups -OCH3 is 2. The third kappa shape index (κ3) is 3.02. The van der Waals surface area contributed by atoms with E-state index in [9.17, 15) is 0 Å². The molecule has 2 heterocycles. The van der Waals surface area contributed by atoms with Crippen molar-refractivity contribution in [2.24, 2.45) is 0 Å². The molecule has 1 fully saturated rings. The molecule has 1 aromatic carbocycles. The molecular formula is C15H18N2O3S. The van der Waals surface area contributed by atoms with Crippen LogP contribution < -0.4 is 14.8 Å². The van der Waals surface area contributed by atoms with Gasteiger partial charge in [-0.2, -0.15) is 0 Å². The molecule has 1 N–H and O–H groups in total. The fourth-order valence-electron chi connectivity index (χ4n) is 2.31. The highest BCUT2D eigenvalue weighted by Crippen LogP contribution is 2.35. The van der Waals surface area contributed by atoms with Crippen LogP contribution in [-0.2, 0) is 4.74 Å². The maximum Gasteiger partial charge on any atom is 0.128 e. The van der Waals surface area contributed by atoms with E-state index in [1.807, 2.05) is 23.6 Å². The Kier molecular flexibility index (Phi) is 4.38. The lowest BCUT2D eigenvalue weighted by molar-refractivity contribution is 0.0768. The van der Waals surface area contributed by atoms with Crippen LogP contribution >= 0.6 is 11.3 Å². The van der Waals surface area contributed by atoms with Gasteiger partial charge in [0, 0.05) is 17.5 Å². The molecule has 112 valence electrons. The first-order chi connectivity index (χ1) is 10.3. The third-order valence-corrected chi connectivity index (χ3v) is 4.38. The summed E-state index contributed by atoms with van der Waals surface area (Å²) in [7, 11) is 3.32. The number of hydrogen-bond donors (Lipinski definition) is 1. The molecule has 1 saturated heterocycles. The Morgan fingerprint density at radius 1 is 1.33 bits per heavy atom. The molecular weight excluding hydrogens is 288 g/mol. The van der Waals surface area contributed by atoms with Gasteiger partial charge in [0.05, 0.1) is 39.2 Å². The molecule has 1 aliphatic rings. The number of nitrogens with one attached hydrogen (secondary N) is 1. The maximum atomic E-state index is 5.49. The normalized spacial score (nSPS) is 18.5. The number of ether oxygens (including phenoxy) is 3. The smallest absolute Gasteiger partial charge is 0.128 e. The fourth-order valence-corrected chi connectivity index (χ4v) is 3.19. The minimum Gasteiger partial charge on any atom is -0.497 e. The van der Waals surface area contributed by atoms with Crippen LogP contribution in [0.5, 0.6) is 11.5 Å². The van der Waals surface area contributed by atoms with Gasteiger partial charge < -0.3 is 19.5 Å². The van der Waals surface area contributed by atoms with Gasteiger partial charge in [-0.25, -0.2) is 4.98 Å². The summed E-state index contributed by atoms with van der Waals surface area (Å²) >= 11 is 1.63. The van der Waals surface area contributed by atoms with E-state index < -0.39 is 0 Å². The minimum absolute atomic E-state index is 0.175. The molecule has 5 nitrogen and oxygen atoms in total. The quantitative estimate of drug-likeness (QED) is 0.940. The van der Waals surface area contributed by atoms with Crippen LogP contribution in [0.15, 0.2) is 23.6 Å². The second-order valence-corrected chi connectivity index (χ2v) is 5.61. The summed E-state index contributed by atoms with van der Waals surface area (Å²) in [6, 6.07) is 5.90. The second-order valence-electron chi connectivity index (χ2n) is 4.72. The van der Waals surface area contributed by atoms with Crippen LogP contribution in [0, 0.1) is 0 Å². The topological polar surface area (TPSA) is 52.6 Å². The lowest BCUT2D eigenvalue weighted by Gasteiger charge is -2.21. The zero-order valence-electron chi connectivity index (χ0n) is 12.1. The highest BCUT2D eigenvalue weighted by molar-refractivity contribution is 7.10. The van der Waals surface area contributed by atoms with Crippen molar-refractivity contribution in [1.29, 1.82) is 0 Å². The van der Waals surface area contributed by atoms with Crippen LogP contribution in [0.1, 0.15) is 11.0 Å². The predicted molar refractivity (Wildman–Crippen MR) is 82.2 cm³/mol. The van der Waals surface area contributed by atoms with E-state index in [0.717, 1.165) is 40.9 Å². The van der Waals surface area contributed by atoms with Gasteiger partial charge >= 0.3 is 0 Å². The van der Waals surface area contributed by atoms with Gasteiger partial charge in [-0.3, -0.25) is 0 Å². The summed E-state index contributed by atoms with van der Waals surface area (Å²) in [5.74, 6) is 1.58. The van der Waals surface area contributed by atoms with Crippen molar-refractivity contribution in [3.63, 3.8) is 0 Å². The van der Waals surface area contributed by atoms with Gasteiger partial charge in [0.1, 0.15) is 16.5 Å². The summed E-state index contributed by atoms with van der Waals surface area (Å²) in [6.07, 6.45) is 0. The predicted octanol–water partition coefficient (Wildman–Crippen LogP) is 2.49. The number of rotatable bonds is 4. The first-order valence-corrected chi connectivity index (χ1v) is 7.68. The molecule has 1 aliphatic heterocycles. The lowest BCUT2D eigenvalue weighted by atomic mass is 10.1. The van der Waals surface area contributed by atoms with Crippen molar-refractivity contribution in [3.8, 4) is 22.8 Å². The Labute approximate surface area is 127 Å². The summed E-state index contributed by atoms with van der Waals surface area (Å²) in [4.78, 5) is 4.73. The summed E-state index contributed by atoms with van der Waals surface area (Å²) in [5.41, 5.74) is 1.84. The van der Waals surface area contributed by atoms with Crippen LogP contribution in [0.2, 0.25) is 0 Å². The zero-order chi connectivity index (χ0) is 14.7. The van der Waals surface area contributed by atoms with Gasteiger partial charge in [-0.15, -0.1) is 11.3 Å². The van der Waals surface area contributed by atoms with Crippen molar-refractivity contribution in [2.75, 3.05) is 34.0 Å². The molecule has 1 aromatic heterocycles. The lowest BCUT2D eigenvalue weighted by Crippen LogP contribution is -2.34. The molecule has 0 amide bonds. The average Bonchev–Trinajstić information content (AvgIpc) is 3.05. The molecule has 2 aromatic rings. The molecule has 0 spiro atoms. The Bertz CT molecular complexity index is 609. The van der Waals surface area contributed by atoms with Crippen molar-refractivity contribution < 1.29 is 14.2 Å². The fraction of sp³-hybridized carbons (Fsp3) is 0.400. The van der Waals surface area contributed by atoms with E-state index in [1.54, 1.807) is 25.6 Å². The van der Waals surface area contributed by atoms with E-state index >= 15 is 0 Å². The zero-order valence-corrected chi connectivity index (χ0v) is 12.9. The molecule has 0 saturated carbocycles. The van der Waals surface area contributed by atoms with E-state index in [0.29, 0.717) is 6.61 Å². The van der Waals surface area contributed by atoms with E-state index in [1.165, 1.54) is 0 Å². The van der Waals surface area contributed by atoms with Crippen molar-refractivity contribution >= 4 is 11.3 Å². The highest BCUT2D eigenvalue weighted by atomic mass is 32.1. The number of morpholine rings is 1. The highest BCUT2D eigenvalue weighted by Gasteiger charge is 2.20. The molecule has 0 aliphatic carbocycles. The van der Waals surface area contributed by atoms with Gasteiger partial charge in [-0.1, -0.05) is 0 Å². The Hall–Kier alpha value is -1.63. The number of benzene rings is 1. The maximum absolute atomic E-state index is 5.49. The first kappa shape index (κ1) is 14.3. The van der Waals surface area contributed by atoms with Gasteiger partial charge in [0.2, 0.25) is 0 Å². The number of hydrogen-bond acceptors (Lipinski definition) is 6. The third-order valence-electron chi connectivity index (χ3n) is 3.42. The van der Waals surface area contributed by atoms with Gasteiger partial charge in [0.15, 0.2) is 0 Å². The van der Waals surface area contributed by atoms with Crippen molar-refractivity contribution in [2.45, 2.75) is 6.04 Å². The molecule has 3 rings (SSSR count). The number of nitrogens with zero attached hydrogens (tertiary/aromatic N) is 1. The molecule has 1 unspecified atom stereocenters. The van der Waals surface area contributed by atoms with Crippen molar-refractivity contribution in [3.05, 3.63) is 28.6 Å². The number of thiazole rings is 1. The van der Waals surface area contributed by atoms with E-state index in [4.69, 9.17) is 19.2 Å². The Morgan fingerprint density at radius 2 is 2.24 bits per heavy atom. The standard InChI is InChI=1S/C15H18N2O3S/c1-18-10-3-4-14(19-2)11(7-10)13-9-21-15(17-13)12-8-20-6-5-16-12/h3-4,7,9,12,16H,5-6,8H2,1-2H3. The average molecular weight is 306 g/mol. The molecule has 21 heavy (non-hydrogen) atoms. The van der Waals surface area contributed by atoms with Crippen LogP contribution in [-0.4, -0.2) is 39.0 Å². The number of aromatic nitrogens is 1. The van der Waals surface area contributed by atoms with Crippen LogP contribution in [0.25, 0.3) is 11.3 Å². The largest absolute Gasteiger partial charge is 0.497 e. The summed E-state index contributed by atoms with van der Waals surface area (Å²) in [5, 5.41) is 6.50. The Balaban J connectivity index is 1.91. The molecule has 6 heteroatoms. The summed E-state index contributed by atoms with van der Waals surface area (Å²) < 4.78 is 16.2. The summed E-state index contributed by atoms with van der Waals surface area (Å²) in [6.45, 7) is 2.29. The van der Waals surface area contributed by atoms with Gasteiger partial charge in [0.25, 0.3) is 0 Å². The van der Waals surface area contributed by atoms with Crippen LogP contribution in [0.4, 0.5) is 0 Å². The SMILES string of the molecule is COc1ccc(OC)c(-c2csc(C3COCCN3)n2)c1. The van der Waals surface area contributed by atoms with E-state index in [-0.39, 0.29) is 6.04 Å². The second kappa shape index (κ2) is 6.43. The molecule has 0 bridgehead atoms. The Morgan fingerprint density at radius 3 is 2.95 bits per heavy atom. The molecule has 1 atom stereocenters. The minimum atomic E-state index is 0.175. The van der Waals surface area contributed by atoms with Crippen molar-refractivity contribution in [1.82, 2.24) is 10.3 Å². The van der Waals surface area contributed by atoms with E-state index in [2.05, 4.69) is 5.32 Å². The van der Waals surface area contributed by atoms with Gasteiger partial charge in [-0.05, 0) is 18.2 Å².